The number of benzene rings is 3. The summed E-state index contributed by atoms with van der Waals surface area (Å²) in [4.78, 5) is 70.7. The van der Waals surface area contributed by atoms with Crippen LogP contribution >= 0.6 is 0 Å². The molecule has 4 saturated heterocycles. The van der Waals surface area contributed by atoms with Crippen LogP contribution in [0.25, 0.3) is 22.3 Å². The minimum absolute atomic E-state index is 0.102. The molecule has 3 aromatic carbocycles. The van der Waals surface area contributed by atoms with Crippen molar-refractivity contribution in [3.63, 3.8) is 0 Å². The van der Waals surface area contributed by atoms with Crippen LogP contribution in [0.2, 0.25) is 0 Å². The average molecular weight is 866 g/mol. The van der Waals surface area contributed by atoms with Crippen LogP contribution in [-0.4, -0.2) is 141 Å². The standard InChI is InChI=1S/C48H55N11O5/c49-44-42-43(33-9-12-37(13-10-33)64-36-7-2-1-3-8-36)53-59(45(42)51-31-50-44)35-6-4-19-56(30-35)29-32-17-22-54(23-18-32)20-5-21-55-24-26-57(27-25-55)34-11-14-38-39(28-34)48(63)58(47(38)62)40-15-16-41(60)52-46(40)61/h1-3,7-14,28,31-32,35,40H,4-6,15-27,29-30H2,(H2,49,50,51)(H,52,60,61)/t35-,40?/m1/s1. The number of hydrogen-bond donors (Lipinski definition) is 2. The summed E-state index contributed by atoms with van der Waals surface area (Å²) in [6.07, 6.45) is 7.49. The molecular formula is C48H55N11O5. The number of fused-ring (bicyclic) bond motifs is 2. The highest BCUT2D eigenvalue weighted by atomic mass is 16.5. The zero-order valence-electron chi connectivity index (χ0n) is 36.1. The van der Waals surface area contributed by atoms with Crippen molar-refractivity contribution in [1.29, 1.82) is 0 Å². The highest BCUT2D eigenvalue weighted by Gasteiger charge is 2.45. The molecule has 10 rings (SSSR count). The molecule has 332 valence electrons. The van der Waals surface area contributed by atoms with Crippen LogP contribution in [0, 0.1) is 5.92 Å². The summed E-state index contributed by atoms with van der Waals surface area (Å²) in [6, 6.07) is 22.3. The topological polar surface area (TPSA) is 175 Å². The van der Waals surface area contributed by atoms with Gasteiger partial charge in [-0.15, -0.1) is 0 Å². The second-order valence-electron chi connectivity index (χ2n) is 17.9. The Kier molecular flexibility index (Phi) is 11.8. The SMILES string of the molecule is Nc1ncnc2c1c(-c1ccc(Oc3ccccc3)cc1)nn2[C@@H]1CCCN(CC2CCN(CCCN3CCN(c4ccc5c(c4)C(=O)N(C4CCC(=O)NC4=O)C5=O)CC3)CC2)C1. The summed E-state index contributed by atoms with van der Waals surface area (Å²) in [5.74, 6) is 0.736. The molecule has 5 aliphatic rings. The number of para-hydroxylation sites is 1. The Balaban J connectivity index is 0.674. The van der Waals surface area contributed by atoms with E-state index in [0.717, 1.165) is 136 Å². The summed E-state index contributed by atoms with van der Waals surface area (Å²) in [7, 11) is 0. The van der Waals surface area contributed by atoms with Crippen molar-refractivity contribution < 1.29 is 23.9 Å². The third-order valence-electron chi connectivity index (χ3n) is 13.8. The summed E-state index contributed by atoms with van der Waals surface area (Å²) >= 11 is 0. The van der Waals surface area contributed by atoms with E-state index >= 15 is 0 Å². The van der Waals surface area contributed by atoms with Gasteiger partial charge in [-0.05, 0) is 132 Å². The normalized spacial score (nSPS) is 21.8. The van der Waals surface area contributed by atoms with E-state index in [2.05, 4.69) is 34.6 Å². The Labute approximate surface area is 372 Å². The summed E-state index contributed by atoms with van der Waals surface area (Å²) in [5.41, 5.74) is 10.6. The van der Waals surface area contributed by atoms with Gasteiger partial charge in [-0.1, -0.05) is 18.2 Å². The number of nitrogen functional groups attached to an aromatic ring is 1. The molecule has 5 aliphatic heterocycles. The lowest BCUT2D eigenvalue weighted by molar-refractivity contribution is -0.136. The molecule has 16 heteroatoms. The number of rotatable bonds is 12. The molecule has 4 fully saturated rings. The number of piperidine rings is 3. The molecule has 5 aromatic rings. The number of likely N-dealkylation sites (tertiary alicyclic amines) is 2. The Morgan fingerprint density at radius 2 is 1.47 bits per heavy atom. The van der Waals surface area contributed by atoms with Crippen molar-refractivity contribution >= 4 is 46.2 Å². The first kappa shape index (κ1) is 41.8. The molecule has 0 aliphatic carbocycles. The van der Waals surface area contributed by atoms with Gasteiger partial charge in [0.05, 0.1) is 22.6 Å². The van der Waals surface area contributed by atoms with Gasteiger partial charge < -0.3 is 25.2 Å². The molecule has 3 N–H and O–H groups in total. The summed E-state index contributed by atoms with van der Waals surface area (Å²) in [6.45, 7) is 11.1. The van der Waals surface area contributed by atoms with Crippen molar-refractivity contribution in [2.45, 2.75) is 57.0 Å². The molecule has 16 nitrogen and oxygen atoms in total. The molecule has 7 heterocycles. The van der Waals surface area contributed by atoms with Crippen LogP contribution in [0.15, 0.2) is 79.1 Å². The van der Waals surface area contributed by atoms with Gasteiger partial charge in [0.1, 0.15) is 35.4 Å². The van der Waals surface area contributed by atoms with E-state index in [4.69, 9.17) is 20.6 Å². The zero-order chi connectivity index (χ0) is 43.7. The van der Waals surface area contributed by atoms with Crippen molar-refractivity contribution in [1.82, 2.24) is 44.7 Å². The fourth-order valence-corrected chi connectivity index (χ4v) is 10.3. The van der Waals surface area contributed by atoms with Crippen molar-refractivity contribution in [3.05, 3.63) is 90.3 Å². The lowest BCUT2D eigenvalue weighted by atomic mass is 9.94. The predicted molar refractivity (Wildman–Crippen MR) is 242 cm³/mol. The number of hydrogen-bond acceptors (Lipinski definition) is 13. The molecular weight excluding hydrogens is 811 g/mol. The predicted octanol–water partition coefficient (Wildman–Crippen LogP) is 4.83. The van der Waals surface area contributed by atoms with Crippen LogP contribution in [0.5, 0.6) is 11.5 Å². The quantitative estimate of drug-likeness (QED) is 0.163. The van der Waals surface area contributed by atoms with E-state index in [1.165, 1.54) is 12.8 Å². The first-order valence-electron chi connectivity index (χ1n) is 22.9. The molecule has 0 bridgehead atoms. The number of amides is 4. The second-order valence-corrected chi connectivity index (χ2v) is 17.9. The van der Waals surface area contributed by atoms with Crippen LogP contribution < -0.4 is 20.7 Å². The third kappa shape index (κ3) is 8.56. The maximum atomic E-state index is 13.4. The minimum Gasteiger partial charge on any atom is -0.457 e. The second kappa shape index (κ2) is 18.1. The summed E-state index contributed by atoms with van der Waals surface area (Å²) < 4.78 is 8.13. The van der Waals surface area contributed by atoms with Gasteiger partial charge >= 0.3 is 0 Å². The first-order chi connectivity index (χ1) is 31.3. The number of anilines is 2. The van der Waals surface area contributed by atoms with Gasteiger partial charge in [0.15, 0.2) is 5.65 Å². The van der Waals surface area contributed by atoms with Crippen molar-refractivity contribution in [2.24, 2.45) is 5.92 Å². The molecule has 0 spiro atoms. The van der Waals surface area contributed by atoms with Gasteiger partial charge in [0.2, 0.25) is 11.8 Å². The Morgan fingerprint density at radius 3 is 2.23 bits per heavy atom. The lowest BCUT2D eigenvalue weighted by Crippen LogP contribution is -2.54. The molecule has 1 unspecified atom stereocenters. The lowest BCUT2D eigenvalue weighted by Gasteiger charge is -2.39. The molecule has 2 atom stereocenters. The van der Waals surface area contributed by atoms with E-state index in [1.807, 2.05) is 60.7 Å². The maximum Gasteiger partial charge on any atom is 0.262 e. The zero-order valence-corrected chi connectivity index (χ0v) is 36.1. The molecule has 2 aromatic heterocycles. The number of carbonyl (C=O) groups excluding carboxylic acids is 4. The van der Waals surface area contributed by atoms with E-state index in [-0.39, 0.29) is 24.8 Å². The monoisotopic (exact) mass is 865 g/mol. The Bertz CT molecular complexity index is 2530. The van der Waals surface area contributed by atoms with Crippen molar-refractivity contribution in [3.8, 4) is 22.8 Å². The number of nitrogens with zero attached hydrogens (tertiary/aromatic N) is 9. The number of imide groups is 2. The fourth-order valence-electron chi connectivity index (χ4n) is 10.3. The number of aromatic nitrogens is 4. The third-order valence-corrected chi connectivity index (χ3v) is 13.8. The van der Waals surface area contributed by atoms with Gasteiger partial charge in [-0.2, -0.15) is 5.10 Å². The maximum absolute atomic E-state index is 13.4. The van der Waals surface area contributed by atoms with Gasteiger partial charge in [0, 0.05) is 56.9 Å². The Morgan fingerprint density at radius 1 is 0.734 bits per heavy atom. The minimum atomic E-state index is -0.960. The van der Waals surface area contributed by atoms with Crippen LogP contribution in [0.1, 0.15) is 71.7 Å². The molecule has 0 saturated carbocycles. The summed E-state index contributed by atoms with van der Waals surface area (Å²) in [5, 5.41) is 8.23. The number of carbonyl (C=O) groups is 4. The van der Waals surface area contributed by atoms with E-state index in [9.17, 15) is 19.2 Å². The van der Waals surface area contributed by atoms with E-state index < -0.39 is 23.8 Å². The molecule has 4 amide bonds. The molecule has 64 heavy (non-hydrogen) atoms. The van der Waals surface area contributed by atoms with Gasteiger partial charge in [-0.25, -0.2) is 14.6 Å². The average Bonchev–Trinajstić information content (AvgIpc) is 3.83. The smallest absolute Gasteiger partial charge is 0.262 e. The number of nitrogens with two attached hydrogens (primary N) is 1. The van der Waals surface area contributed by atoms with Crippen molar-refractivity contribution in [2.75, 3.05) is 82.6 Å². The van der Waals surface area contributed by atoms with Gasteiger partial charge in [-0.3, -0.25) is 34.3 Å². The Hall–Kier alpha value is -6.23. The first-order valence-corrected chi connectivity index (χ1v) is 22.9. The van der Waals surface area contributed by atoms with E-state index in [0.29, 0.717) is 22.9 Å². The highest BCUT2D eigenvalue weighted by molar-refractivity contribution is 6.23. The van der Waals surface area contributed by atoms with E-state index in [1.54, 1.807) is 18.5 Å². The highest BCUT2D eigenvalue weighted by Crippen LogP contribution is 2.36. The van der Waals surface area contributed by atoms with Crippen LogP contribution in [-0.2, 0) is 9.59 Å². The fraction of sp³-hybridized carbons (Fsp3) is 0.438. The molecule has 0 radical (unpaired) electrons. The number of nitrogens with one attached hydrogen (secondary N) is 1. The van der Waals surface area contributed by atoms with Gasteiger partial charge in [0.25, 0.3) is 11.8 Å². The van der Waals surface area contributed by atoms with Crippen LogP contribution in [0.4, 0.5) is 11.5 Å². The van der Waals surface area contributed by atoms with Crippen LogP contribution in [0.3, 0.4) is 0 Å². The largest absolute Gasteiger partial charge is 0.457 e. The number of ether oxygens (including phenoxy) is 1. The number of piperazine rings is 1.